The van der Waals surface area contributed by atoms with Gasteiger partial charge in [-0.2, -0.15) is 0 Å². The van der Waals surface area contributed by atoms with Gasteiger partial charge >= 0.3 is 0 Å². The van der Waals surface area contributed by atoms with Gasteiger partial charge in [0, 0.05) is 16.7 Å². The molecule has 0 radical (unpaired) electrons. The standard InChI is InChI=1S/C14H20IN/c1-14(2)8-3-9-16(11-14)10-12-4-6-13(15)7-5-12/h4-7H,3,8-11H2,1-2H3. The van der Waals surface area contributed by atoms with Crippen molar-refractivity contribution in [2.45, 2.75) is 33.2 Å². The summed E-state index contributed by atoms with van der Waals surface area (Å²) in [7, 11) is 0. The molecule has 0 amide bonds. The molecule has 1 fully saturated rings. The van der Waals surface area contributed by atoms with Crippen LogP contribution in [0.25, 0.3) is 0 Å². The summed E-state index contributed by atoms with van der Waals surface area (Å²) in [5.41, 5.74) is 1.94. The minimum Gasteiger partial charge on any atom is -0.299 e. The summed E-state index contributed by atoms with van der Waals surface area (Å²) in [5, 5.41) is 0. The number of benzene rings is 1. The molecule has 2 rings (SSSR count). The first-order valence-corrected chi connectivity index (χ1v) is 7.10. The van der Waals surface area contributed by atoms with E-state index in [-0.39, 0.29) is 0 Å². The largest absolute Gasteiger partial charge is 0.299 e. The van der Waals surface area contributed by atoms with Crippen molar-refractivity contribution in [3.05, 3.63) is 33.4 Å². The Morgan fingerprint density at radius 1 is 1.25 bits per heavy atom. The quantitative estimate of drug-likeness (QED) is 0.744. The van der Waals surface area contributed by atoms with E-state index in [0.29, 0.717) is 5.41 Å². The number of hydrogen-bond acceptors (Lipinski definition) is 1. The van der Waals surface area contributed by atoms with E-state index in [9.17, 15) is 0 Å². The van der Waals surface area contributed by atoms with Gasteiger partial charge in [-0.3, -0.25) is 4.90 Å². The highest BCUT2D eigenvalue weighted by atomic mass is 127. The van der Waals surface area contributed by atoms with Gasteiger partial charge in [0.1, 0.15) is 0 Å². The highest BCUT2D eigenvalue weighted by molar-refractivity contribution is 14.1. The maximum absolute atomic E-state index is 2.59. The molecule has 2 heteroatoms. The average molecular weight is 329 g/mol. The highest BCUT2D eigenvalue weighted by Crippen LogP contribution is 2.29. The molecule has 16 heavy (non-hydrogen) atoms. The summed E-state index contributed by atoms with van der Waals surface area (Å²) in [6.45, 7) is 8.37. The molecule has 88 valence electrons. The van der Waals surface area contributed by atoms with Gasteiger partial charge in [-0.25, -0.2) is 0 Å². The molecule has 1 aromatic rings. The molecule has 1 heterocycles. The fraction of sp³-hybridized carbons (Fsp3) is 0.571. The molecule has 1 nitrogen and oxygen atoms in total. The smallest absolute Gasteiger partial charge is 0.0233 e. The molecule has 0 N–H and O–H groups in total. The number of halogens is 1. The number of likely N-dealkylation sites (tertiary alicyclic amines) is 1. The van der Waals surface area contributed by atoms with Gasteiger partial charge in [-0.05, 0) is 65.1 Å². The van der Waals surface area contributed by atoms with E-state index in [1.807, 2.05) is 0 Å². The Labute approximate surface area is 112 Å². The molecule has 0 aromatic heterocycles. The van der Waals surface area contributed by atoms with Gasteiger partial charge in [0.25, 0.3) is 0 Å². The fourth-order valence-electron chi connectivity index (χ4n) is 2.53. The van der Waals surface area contributed by atoms with Gasteiger partial charge in [0.15, 0.2) is 0 Å². The molecule has 0 aliphatic carbocycles. The summed E-state index contributed by atoms with van der Waals surface area (Å²) < 4.78 is 1.32. The number of rotatable bonds is 2. The van der Waals surface area contributed by atoms with E-state index in [0.717, 1.165) is 6.54 Å². The molecule has 0 unspecified atom stereocenters. The van der Waals surface area contributed by atoms with Crippen molar-refractivity contribution in [2.75, 3.05) is 13.1 Å². The van der Waals surface area contributed by atoms with Crippen LogP contribution in [0.1, 0.15) is 32.3 Å². The third-order valence-electron chi connectivity index (χ3n) is 3.30. The Morgan fingerprint density at radius 2 is 1.94 bits per heavy atom. The van der Waals surface area contributed by atoms with Crippen molar-refractivity contribution in [2.24, 2.45) is 5.41 Å². The van der Waals surface area contributed by atoms with Crippen LogP contribution >= 0.6 is 22.6 Å². The second-order valence-corrected chi connectivity index (χ2v) is 6.85. The normalized spacial score (nSPS) is 20.9. The lowest BCUT2D eigenvalue weighted by Crippen LogP contribution is -2.39. The number of hydrogen-bond donors (Lipinski definition) is 0. The van der Waals surface area contributed by atoms with Gasteiger partial charge in [0.05, 0.1) is 0 Å². The molecule has 1 saturated heterocycles. The maximum Gasteiger partial charge on any atom is 0.0233 e. The first-order chi connectivity index (χ1) is 7.55. The zero-order valence-electron chi connectivity index (χ0n) is 10.2. The van der Waals surface area contributed by atoms with Gasteiger partial charge in [0.2, 0.25) is 0 Å². The van der Waals surface area contributed by atoms with E-state index in [1.165, 1.54) is 35.1 Å². The predicted molar refractivity (Wildman–Crippen MR) is 77.5 cm³/mol. The zero-order chi connectivity index (χ0) is 11.6. The highest BCUT2D eigenvalue weighted by Gasteiger charge is 2.25. The molecular weight excluding hydrogens is 309 g/mol. The molecule has 1 aliphatic heterocycles. The summed E-state index contributed by atoms with van der Waals surface area (Å²) in [6.07, 6.45) is 2.72. The fourth-order valence-corrected chi connectivity index (χ4v) is 2.89. The first kappa shape index (κ1) is 12.4. The van der Waals surface area contributed by atoms with Crippen molar-refractivity contribution >= 4 is 22.6 Å². The molecule has 0 spiro atoms. The van der Waals surface area contributed by atoms with Crippen LogP contribution in [0.2, 0.25) is 0 Å². The zero-order valence-corrected chi connectivity index (χ0v) is 12.3. The predicted octanol–water partition coefficient (Wildman–Crippen LogP) is 3.91. The molecule has 1 aromatic carbocycles. The van der Waals surface area contributed by atoms with Crippen molar-refractivity contribution in [3.8, 4) is 0 Å². The Morgan fingerprint density at radius 3 is 2.56 bits per heavy atom. The van der Waals surface area contributed by atoms with Crippen LogP contribution in [0.3, 0.4) is 0 Å². The molecule has 1 aliphatic rings. The maximum atomic E-state index is 2.59. The van der Waals surface area contributed by atoms with Gasteiger partial charge in [-0.1, -0.05) is 26.0 Å². The topological polar surface area (TPSA) is 3.24 Å². The number of piperidine rings is 1. The lowest BCUT2D eigenvalue weighted by molar-refractivity contribution is 0.111. The number of nitrogens with zero attached hydrogens (tertiary/aromatic N) is 1. The van der Waals surface area contributed by atoms with Gasteiger partial charge < -0.3 is 0 Å². The lowest BCUT2D eigenvalue weighted by atomic mass is 9.84. The van der Waals surface area contributed by atoms with Crippen molar-refractivity contribution < 1.29 is 0 Å². The first-order valence-electron chi connectivity index (χ1n) is 6.02. The van der Waals surface area contributed by atoms with E-state index >= 15 is 0 Å². The minimum atomic E-state index is 0.501. The van der Waals surface area contributed by atoms with Crippen LogP contribution in [0.5, 0.6) is 0 Å². The summed E-state index contributed by atoms with van der Waals surface area (Å²) in [5.74, 6) is 0. The minimum absolute atomic E-state index is 0.501. The Bertz CT molecular complexity index is 342. The van der Waals surface area contributed by atoms with Crippen LogP contribution in [0.15, 0.2) is 24.3 Å². The summed E-state index contributed by atoms with van der Waals surface area (Å²) in [6, 6.07) is 8.91. The van der Waals surface area contributed by atoms with Crippen LogP contribution < -0.4 is 0 Å². The monoisotopic (exact) mass is 329 g/mol. The van der Waals surface area contributed by atoms with Crippen LogP contribution in [-0.4, -0.2) is 18.0 Å². The molecular formula is C14H20IN. The lowest BCUT2D eigenvalue weighted by Gasteiger charge is -2.38. The molecule has 0 atom stereocenters. The second kappa shape index (κ2) is 5.05. The Hall–Kier alpha value is -0.0900. The van der Waals surface area contributed by atoms with Crippen LogP contribution in [-0.2, 0) is 6.54 Å². The molecule has 0 bridgehead atoms. The van der Waals surface area contributed by atoms with E-state index in [2.05, 4.69) is 65.6 Å². The summed E-state index contributed by atoms with van der Waals surface area (Å²) in [4.78, 5) is 2.59. The van der Waals surface area contributed by atoms with Crippen molar-refractivity contribution in [1.82, 2.24) is 4.90 Å². The van der Waals surface area contributed by atoms with Crippen molar-refractivity contribution in [1.29, 1.82) is 0 Å². The third-order valence-corrected chi connectivity index (χ3v) is 4.02. The Balaban J connectivity index is 1.97. The SMILES string of the molecule is CC1(C)CCCN(Cc2ccc(I)cc2)C1. The van der Waals surface area contributed by atoms with E-state index in [1.54, 1.807) is 0 Å². The third kappa shape index (κ3) is 3.45. The van der Waals surface area contributed by atoms with Crippen molar-refractivity contribution in [3.63, 3.8) is 0 Å². The van der Waals surface area contributed by atoms with Crippen LogP contribution in [0.4, 0.5) is 0 Å². The van der Waals surface area contributed by atoms with E-state index < -0.39 is 0 Å². The molecule has 0 saturated carbocycles. The Kier molecular flexibility index (Phi) is 3.90. The average Bonchev–Trinajstić information content (AvgIpc) is 2.20. The van der Waals surface area contributed by atoms with Crippen LogP contribution in [0, 0.1) is 8.99 Å². The van der Waals surface area contributed by atoms with E-state index in [4.69, 9.17) is 0 Å². The second-order valence-electron chi connectivity index (χ2n) is 5.60. The van der Waals surface area contributed by atoms with Gasteiger partial charge in [-0.15, -0.1) is 0 Å². The summed E-state index contributed by atoms with van der Waals surface area (Å²) >= 11 is 2.36.